The molecule has 1 aliphatic rings. The van der Waals surface area contributed by atoms with Crippen molar-refractivity contribution in [1.29, 1.82) is 0 Å². The number of halogens is 1. The standard InChI is InChI=1S/C13H17FN2O3S/c1-9-11(14)7-10(8-12(9)15)13(17)16-3-2-5-20(18,19)6-4-16/h7-8H,2-6,15H2,1H3. The number of nitrogens with two attached hydrogens (primary N) is 1. The van der Waals surface area contributed by atoms with Crippen molar-refractivity contribution < 1.29 is 17.6 Å². The highest BCUT2D eigenvalue weighted by molar-refractivity contribution is 7.91. The summed E-state index contributed by atoms with van der Waals surface area (Å²) >= 11 is 0. The fourth-order valence-corrected chi connectivity index (χ4v) is 3.42. The number of carbonyl (C=O) groups excluding carboxylic acids is 1. The van der Waals surface area contributed by atoms with Gasteiger partial charge in [0, 0.05) is 29.9 Å². The molecule has 0 bridgehead atoms. The normalized spacial score (nSPS) is 18.6. The van der Waals surface area contributed by atoms with Gasteiger partial charge in [0.15, 0.2) is 9.84 Å². The summed E-state index contributed by atoms with van der Waals surface area (Å²) in [4.78, 5) is 13.7. The number of hydrogen-bond donors (Lipinski definition) is 1. The van der Waals surface area contributed by atoms with E-state index in [2.05, 4.69) is 0 Å². The zero-order valence-electron chi connectivity index (χ0n) is 11.2. The van der Waals surface area contributed by atoms with Crippen molar-refractivity contribution in [2.75, 3.05) is 30.3 Å². The Morgan fingerprint density at radius 1 is 1.30 bits per heavy atom. The molecule has 1 saturated heterocycles. The third-order valence-electron chi connectivity index (χ3n) is 3.47. The maximum absolute atomic E-state index is 13.6. The number of carbonyl (C=O) groups is 1. The lowest BCUT2D eigenvalue weighted by Crippen LogP contribution is -2.33. The van der Waals surface area contributed by atoms with Gasteiger partial charge in [-0.1, -0.05) is 0 Å². The van der Waals surface area contributed by atoms with Crippen molar-refractivity contribution in [2.24, 2.45) is 0 Å². The van der Waals surface area contributed by atoms with E-state index < -0.39 is 15.7 Å². The van der Waals surface area contributed by atoms with Gasteiger partial charge in [0.2, 0.25) is 0 Å². The molecule has 0 aliphatic carbocycles. The second-order valence-corrected chi connectivity index (χ2v) is 7.27. The lowest BCUT2D eigenvalue weighted by molar-refractivity contribution is 0.0768. The molecular formula is C13H17FN2O3S. The van der Waals surface area contributed by atoms with Gasteiger partial charge in [-0.05, 0) is 25.5 Å². The molecule has 1 aromatic carbocycles. The third kappa shape index (κ3) is 3.09. The molecule has 2 N–H and O–H groups in total. The van der Waals surface area contributed by atoms with Gasteiger partial charge in [-0.25, -0.2) is 12.8 Å². The molecule has 0 spiro atoms. The summed E-state index contributed by atoms with van der Waals surface area (Å²) in [5, 5.41) is 0. The van der Waals surface area contributed by atoms with Crippen LogP contribution in [0, 0.1) is 12.7 Å². The lowest BCUT2D eigenvalue weighted by atomic mass is 10.1. The average Bonchev–Trinajstić information content (AvgIpc) is 2.55. The predicted octanol–water partition coefficient (Wildman–Crippen LogP) is 0.977. The summed E-state index contributed by atoms with van der Waals surface area (Å²) in [7, 11) is -3.08. The van der Waals surface area contributed by atoms with Gasteiger partial charge in [0.25, 0.3) is 5.91 Å². The fourth-order valence-electron chi connectivity index (χ4n) is 2.15. The molecule has 0 unspecified atom stereocenters. The Morgan fingerprint density at radius 2 is 2.00 bits per heavy atom. The number of anilines is 1. The van der Waals surface area contributed by atoms with Crippen LogP contribution in [-0.2, 0) is 9.84 Å². The Bertz CT molecular complexity index is 620. The first-order valence-corrected chi connectivity index (χ1v) is 8.17. The Morgan fingerprint density at radius 3 is 2.65 bits per heavy atom. The Labute approximate surface area is 117 Å². The van der Waals surface area contributed by atoms with Crippen molar-refractivity contribution in [1.82, 2.24) is 4.90 Å². The summed E-state index contributed by atoms with van der Waals surface area (Å²) in [6.45, 7) is 2.03. The molecule has 7 heteroatoms. The van der Waals surface area contributed by atoms with Gasteiger partial charge in [-0.3, -0.25) is 4.79 Å². The molecule has 0 atom stereocenters. The SMILES string of the molecule is Cc1c(N)cc(C(=O)N2CCCS(=O)(=O)CC2)cc1F. The van der Waals surface area contributed by atoms with Crippen LogP contribution in [0.4, 0.5) is 10.1 Å². The molecule has 0 radical (unpaired) electrons. The van der Waals surface area contributed by atoms with E-state index >= 15 is 0 Å². The average molecular weight is 300 g/mol. The monoisotopic (exact) mass is 300 g/mol. The van der Waals surface area contributed by atoms with Crippen LogP contribution in [0.5, 0.6) is 0 Å². The zero-order valence-corrected chi connectivity index (χ0v) is 12.0. The molecule has 1 amide bonds. The number of amides is 1. The molecular weight excluding hydrogens is 283 g/mol. The highest BCUT2D eigenvalue weighted by Crippen LogP contribution is 2.19. The highest BCUT2D eigenvalue weighted by atomic mass is 32.2. The maximum atomic E-state index is 13.6. The molecule has 1 aromatic rings. The van der Waals surface area contributed by atoms with Crippen LogP contribution in [0.1, 0.15) is 22.3 Å². The molecule has 0 aromatic heterocycles. The maximum Gasteiger partial charge on any atom is 0.254 e. The van der Waals surface area contributed by atoms with Crippen molar-refractivity contribution in [3.63, 3.8) is 0 Å². The largest absolute Gasteiger partial charge is 0.398 e. The first-order chi connectivity index (χ1) is 9.30. The quantitative estimate of drug-likeness (QED) is 0.784. The van der Waals surface area contributed by atoms with E-state index in [1.807, 2.05) is 0 Å². The van der Waals surface area contributed by atoms with Gasteiger partial charge in [-0.15, -0.1) is 0 Å². The van der Waals surface area contributed by atoms with E-state index in [1.54, 1.807) is 0 Å². The van der Waals surface area contributed by atoms with Gasteiger partial charge in [0.1, 0.15) is 5.82 Å². The fraction of sp³-hybridized carbons (Fsp3) is 0.462. The number of nitrogen functional groups attached to an aromatic ring is 1. The highest BCUT2D eigenvalue weighted by Gasteiger charge is 2.24. The second-order valence-electron chi connectivity index (χ2n) is 4.97. The Balaban J connectivity index is 2.23. The van der Waals surface area contributed by atoms with Crippen LogP contribution in [0.3, 0.4) is 0 Å². The molecule has 110 valence electrons. The molecule has 1 aliphatic heterocycles. The van der Waals surface area contributed by atoms with Crippen LogP contribution in [-0.4, -0.2) is 43.8 Å². The van der Waals surface area contributed by atoms with Gasteiger partial charge >= 0.3 is 0 Å². The minimum atomic E-state index is -3.08. The first kappa shape index (κ1) is 14.8. The van der Waals surface area contributed by atoms with E-state index in [0.717, 1.165) is 6.07 Å². The molecule has 2 rings (SSSR count). The smallest absolute Gasteiger partial charge is 0.254 e. The molecule has 20 heavy (non-hydrogen) atoms. The van der Waals surface area contributed by atoms with Crippen molar-refractivity contribution in [2.45, 2.75) is 13.3 Å². The van der Waals surface area contributed by atoms with Gasteiger partial charge < -0.3 is 10.6 Å². The van der Waals surface area contributed by atoms with Crippen molar-refractivity contribution >= 4 is 21.4 Å². The second kappa shape index (κ2) is 5.40. The minimum absolute atomic E-state index is 0.0530. The number of rotatable bonds is 1. The van der Waals surface area contributed by atoms with Crippen LogP contribution in [0.15, 0.2) is 12.1 Å². The number of benzene rings is 1. The third-order valence-corrected chi connectivity index (χ3v) is 5.19. The summed E-state index contributed by atoms with van der Waals surface area (Å²) in [6.07, 6.45) is 0.401. The summed E-state index contributed by atoms with van der Waals surface area (Å²) < 4.78 is 36.6. The predicted molar refractivity (Wildman–Crippen MR) is 74.7 cm³/mol. The first-order valence-electron chi connectivity index (χ1n) is 6.35. The van der Waals surface area contributed by atoms with Crippen molar-refractivity contribution in [3.05, 3.63) is 29.1 Å². The Kier molecular flexibility index (Phi) is 3.99. The summed E-state index contributed by atoms with van der Waals surface area (Å²) in [6, 6.07) is 2.58. The van der Waals surface area contributed by atoms with E-state index in [4.69, 9.17) is 5.73 Å². The number of hydrogen-bond acceptors (Lipinski definition) is 4. The lowest BCUT2D eigenvalue weighted by Gasteiger charge is -2.20. The van der Waals surface area contributed by atoms with Crippen LogP contribution < -0.4 is 5.73 Å². The number of sulfone groups is 1. The van der Waals surface area contributed by atoms with E-state index in [9.17, 15) is 17.6 Å². The molecule has 1 heterocycles. The van der Waals surface area contributed by atoms with E-state index in [0.29, 0.717) is 18.5 Å². The zero-order chi connectivity index (χ0) is 14.9. The van der Waals surface area contributed by atoms with Crippen LogP contribution >= 0.6 is 0 Å². The van der Waals surface area contributed by atoms with Crippen LogP contribution in [0.25, 0.3) is 0 Å². The molecule has 0 saturated carbocycles. The molecule has 1 fully saturated rings. The topological polar surface area (TPSA) is 80.5 Å². The minimum Gasteiger partial charge on any atom is -0.398 e. The summed E-state index contributed by atoms with van der Waals surface area (Å²) in [5.74, 6) is -0.882. The van der Waals surface area contributed by atoms with Crippen molar-refractivity contribution in [3.8, 4) is 0 Å². The van der Waals surface area contributed by atoms with E-state index in [1.165, 1.54) is 17.9 Å². The van der Waals surface area contributed by atoms with E-state index in [-0.39, 0.29) is 35.2 Å². The summed E-state index contributed by atoms with van der Waals surface area (Å²) in [5.41, 5.74) is 6.34. The van der Waals surface area contributed by atoms with Gasteiger partial charge in [0.05, 0.1) is 11.5 Å². The molecule has 5 nitrogen and oxygen atoms in total. The van der Waals surface area contributed by atoms with Gasteiger partial charge in [-0.2, -0.15) is 0 Å². The Hall–Kier alpha value is -1.63. The number of nitrogens with zero attached hydrogens (tertiary/aromatic N) is 1. The van der Waals surface area contributed by atoms with Crippen LogP contribution in [0.2, 0.25) is 0 Å².